The second kappa shape index (κ2) is 5.05. The summed E-state index contributed by atoms with van der Waals surface area (Å²) in [5, 5.41) is 4.21. The molecule has 1 N–H and O–H groups in total. The van der Waals surface area contributed by atoms with Gasteiger partial charge in [0.1, 0.15) is 5.69 Å². The molecule has 2 rings (SSSR count). The van der Waals surface area contributed by atoms with Crippen molar-refractivity contribution in [1.29, 1.82) is 0 Å². The maximum Gasteiger partial charge on any atom is 0.275 e. The molecule has 0 atom stereocenters. The van der Waals surface area contributed by atoms with Crippen molar-refractivity contribution < 1.29 is 13.2 Å². The Kier molecular flexibility index (Phi) is 3.65. The molecule has 0 spiro atoms. The first kappa shape index (κ1) is 13.0. The van der Waals surface area contributed by atoms with Crippen molar-refractivity contribution in [1.82, 2.24) is 4.98 Å². The third kappa shape index (κ3) is 3.06. The molecule has 1 aromatic carbocycles. The van der Waals surface area contributed by atoms with E-state index >= 15 is 0 Å². The molecular formula is C10H7ClN2O3S2. The predicted molar refractivity (Wildman–Crippen MR) is 69.5 cm³/mol. The lowest BCUT2D eigenvalue weighted by atomic mass is 10.3. The quantitative estimate of drug-likeness (QED) is 0.883. The van der Waals surface area contributed by atoms with Crippen molar-refractivity contribution in [2.45, 2.75) is 4.90 Å². The van der Waals surface area contributed by atoms with Crippen molar-refractivity contribution in [3.05, 3.63) is 40.8 Å². The minimum absolute atomic E-state index is 0.0178. The molecule has 94 valence electrons. The standard InChI is InChI=1S/C10H7ClN2O3S2/c11-18(15,16)8-3-1-7(2-4-8)13-10(14)9-5-17-6-12-9/h1-6H,(H,13,14). The lowest BCUT2D eigenvalue weighted by molar-refractivity contribution is 0.102. The van der Waals surface area contributed by atoms with Gasteiger partial charge in [0.25, 0.3) is 15.0 Å². The zero-order chi connectivity index (χ0) is 13.2. The van der Waals surface area contributed by atoms with E-state index in [9.17, 15) is 13.2 Å². The number of amides is 1. The molecule has 18 heavy (non-hydrogen) atoms. The maximum absolute atomic E-state index is 11.6. The smallest absolute Gasteiger partial charge is 0.275 e. The van der Waals surface area contributed by atoms with Gasteiger partial charge >= 0.3 is 0 Å². The average molecular weight is 303 g/mol. The van der Waals surface area contributed by atoms with Crippen molar-refractivity contribution in [2.24, 2.45) is 0 Å². The summed E-state index contributed by atoms with van der Waals surface area (Å²) >= 11 is 1.32. The monoisotopic (exact) mass is 302 g/mol. The van der Waals surface area contributed by atoms with E-state index in [1.165, 1.54) is 35.6 Å². The van der Waals surface area contributed by atoms with Crippen LogP contribution in [0.1, 0.15) is 10.5 Å². The van der Waals surface area contributed by atoms with Crippen LogP contribution in [0.3, 0.4) is 0 Å². The highest BCUT2D eigenvalue weighted by molar-refractivity contribution is 8.13. The topological polar surface area (TPSA) is 76.1 Å². The van der Waals surface area contributed by atoms with E-state index in [1.807, 2.05) is 0 Å². The Balaban J connectivity index is 2.14. The number of halogens is 1. The molecule has 1 aromatic heterocycles. The van der Waals surface area contributed by atoms with Gasteiger partial charge in [-0.05, 0) is 24.3 Å². The fraction of sp³-hybridized carbons (Fsp3) is 0. The summed E-state index contributed by atoms with van der Waals surface area (Å²) < 4.78 is 22.0. The molecule has 0 radical (unpaired) electrons. The highest BCUT2D eigenvalue weighted by Gasteiger charge is 2.11. The molecule has 0 aliphatic carbocycles. The van der Waals surface area contributed by atoms with Gasteiger partial charge in [-0.25, -0.2) is 13.4 Å². The average Bonchev–Trinajstić information content (AvgIpc) is 2.82. The van der Waals surface area contributed by atoms with Gasteiger partial charge in [-0.3, -0.25) is 4.79 Å². The molecule has 0 aliphatic rings. The minimum atomic E-state index is -3.74. The first-order chi connectivity index (χ1) is 8.47. The Labute approximate surface area is 112 Å². The molecule has 0 unspecified atom stereocenters. The molecule has 0 fully saturated rings. The first-order valence-electron chi connectivity index (χ1n) is 4.71. The van der Waals surface area contributed by atoms with E-state index in [2.05, 4.69) is 10.3 Å². The van der Waals surface area contributed by atoms with Crippen LogP contribution in [-0.2, 0) is 9.05 Å². The number of benzene rings is 1. The molecule has 1 amide bonds. The largest absolute Gasteiger partial charge is 0.321 e. The summed E-state index contributed by atoms with van der Waals surface area (Å²) in [7, 11) is 1.43. The van der Waals surface area contributed by atoms with E-state index in [0.29, 0.717) is 11.4 Å². The van der Waals surface area contributed by atoms with Crippen LogP contribution in [0.5, 0.6) is 0 Å². The van der Waals surface area contributed by atoms with Crippen LogP contribution < -0.4 is 5.32 Å². The maximum atomic E-state index is 11.6. The number of nitrogens with one attached hydrogen (secondary N) is 1. The van der Waals surface area contributed by atoms with Crippen molar-refractivity contribution in [3.8, 4) is 0 Å². The molecule has 2 aromatic rings. The molecule has 0 aliphatic heterocycles. The normalized spacial score (nSPS) is 11.2. The number of rotatable bonds is 3. The lowest BCUT2D eigenvalue weighted by Gasteiger charge is -2.03. The summed E-state index contributed by atoms with van der Waals surface area (Å²) in [4.78, 5) is 15.5. The predicted octanol–water partition coefficient (Wildman–Crippen LogP) is 2.32. The van der Waals surface area contributed by atoms with Crippen molar-refractivity contribution in [3.63, 3.8) is 0 Å². The number of carbonyl (C=O) groups is 1. The van der Waals surface area contributed by atoms with Crippen molar-refractivity contribution >= 4 is 42.7 Å². The highest BCUT2D eigenvalue weighted by atomic mass is 35.7. The molecular weight excluding hydrogens is 296 g/mol. The highest BCUT2D eigenvalue weighted by Crippen LogP contribution is 2.18. The molecule has 5 nitrogen and oxygen atoms in total. The lowest BCUT2D eigenvalue weighted by Crippen LogP contribution is -2.12. The molecule has 1 heterocycles. The van der Waals surface area contributed by atoms with Gasteiger partial charge in [-0.1, -0.05) is 0 Å². The third-order valence-corrected chi connectivity index (χ3v) is 4.01. The minimum Gasteiger partial charge on any atom is -0.321 e. The van der Waals surface area contributed by atoms with Gasteiger partial charge in [0.05, 0.1) is 10.4 Å². The van der Waals surface area contributed by atoms with E-state index < -0.39 is 9.05 Å². The SMILES string of the molecule is O=C(Nc1ccc(S(=O)(=O)Cl)cc1)c1cscn1. The summed E-state index contributed by atoms with van der Waals surface area (Å²) in [6.45, 7) is 0. The van der Waals surface area contributed by atoms with Crippen LogP contribution >= 0.6 is 22.0 Å². The van der Waals surface area contributed by atoms with E-state index in [4.69, 9.17) is 10.7 Å². The van der Waals surface area contributed by atoms with Crippen LogP contribution in [0.4, 0.5) is 5.69 Å². The van der Waals surface area contributed by atoms with Gasteiger partial charge in [0, 0.05) is 21.7 Å². The van der Waals surface area contributed by atoms with Crippen molar-refractivity contribution in [2.75, 3.05) is 5.32 Å². The summed E-state index contributed by atoms with van der Waals surface area (Å²) in [5.74, 6) is -0.349. The Hall–Kier alpha value is -1.44. The fourth-order valence-corrected chi connectivity index (χ4v) is 2.52. The van der Waals surface area contributed by atoms with Crippen LogP contribution in [0, 0.1) is 0 Å². The zero-order valence-electron chi connectivity index (χ0n) is 8.83. The first-order valence-corrected chi connectivity index (χ1v) is 7.96. The van der Waals surface area contributed by atoms with Crippen LogP contribution in [-0.4, -0.2) is 19.3 Å². The number of hydrogen-bond donors (Lipinski definition) is 1. The number of aromatic nitrogens is 1. The number of hydrogen-bond acceptors (Lipinski definition) is 5. The van der Waals surface area contributed by atoms with Crippen LogP contribution in [0.25, 0.3) is 0 Å². The van der Waals surface area contributed by atoms with E-state index in [0.717, 1.165) is 0 Å². The second-order valence-corrected chi connectivity index (χ2v) is 6.57. The van der Waals surface area contributed by atoms with Gasteiger partial charge < -0.3 is 5.32 Å². The van der Waals surface area contributed by atoms with E-state index in [-0.39, 0.29) is 10.8 Å². The van der Waals surface area contributed by atoms with Gasteiger partial charge in [0.15, 0.2) is 0 Å². The second-order valence-electron chi connectivity index (χ2n) is 3.29. The van der Waals surface area contributed by atoms with Crippen LogP contribution in [0.2, 0.25) is 0 Å². The Morgan fingerprint density at radius 1 is 1.28 bits per heavy atom. The Bertz CT molecular complexity index is 651. The fourth-order valence-electron chi connectivity index (χ4n) is 1.22. The third-order valence-electron chi connectivity index (χ3n) is 2.06. The number of nitrogens with zero attached hydrogens (tertiary/aromatic N) is 1. The Morgan fingerprint density at radius 2 is 1.94 bits per heavy atom. The Morgan fingerprint density at radius 3 is 2.44 bits per heavy atom. The molecule has 0 bridgehead atoms. The van der Waals surface area contributed by atoms with E-state index in [1.54, 1.807) is 10.9 Å². The number of carbonyl (C=O) groups excluding carboxylic acids is 1. The van der Waals surface area contributed by atoms with Gasteiger partial charge in [-0.15, -0.1) is 11.3 Å². The summed E-state index contributed by atoms with van der Waals surface area (Å²) in [5.41, 5.74) is 2.34. The summed E-state index contributed by atoms with van der Waals surface area (Å²) in [6, 6.07) is 5.55. The van der Waals surface area contributed by atoms with Gasteiger partial charge in [0.2, 0.25) is 0 Å². The summed E-state index contributed by atoms with van der Waals surface area (Å²) in [6.07, 6.45) is 0. The number of anilines is 1. The van der Waals surface area contributed by atoms with Gasteiger partial charge in [-0.2, -0.15) is 0 Å². The molecule has 8 heteroatoms. The van der Waals surface area contributed by atoms with Crippen LogP contribution in [0.15, 0.2) is 40.1 Å². The number of thiazole rings is 1. The molecule has 0 saturated heterocycles. The zero-order valence-corrected chi connectivity index (χ0v) is 11.2. The molecule has 0 saturated carbocycles.